The summed E-state index contributed by atoms with van der Waals surface area (Å²) < 4.78 is 2.26. The average Bonchev–Trinajstić information content (AvgIpc) is 2.90. The molecule has 0 bridgehead atoms. The van der Waals surface area contributed by atoms with E-state index in [1.807, 2.05) is 0 Å². The molecule has 0 aromatic carbocycles. The van der Waals surface area contributed by atoms with Crippen LogP contribution in [0.15, 0.2) is 12.3 Å². The zero-order chi connectivity index (χ0) is 13.6. The predicted octanol–water partition coefficient (Wildman–Crippen LogP) is 3.18. The molecular formula is C17H27N3. The number of aromatic nitrogens is 2. The largest absolute Gasteiger partial charge is 0.319 e. The third kappa shape index (κ3) is 2.30. The van der Waals surface area contributed by atoms with E-state index in [1.165, 1.54) is 57.1 Å². The maximum atomic E-state index is 4.91. The predicted molar refractivity (Wildman–Crippen MR) is 80.6 cm³/mol. The van der Waals surface area contributed by atoms with E-state index in [1.54, 1.807) is 0 Å². The van der Waals surface area contributed by atoms with E-state index in [0.717, 1.165) is 18.4 Å². The van der Waals surface area contributed by atoms with Gasteiger partial charge in [-0.25, -0.2) is 0 Å². The normalized spacial score (nSPS) is 36.5. The number of nitrogens with one attached hydrogen (secondary N) is 1. The molecule has 1 aromatic rings. The minimum absolute atomic E-state index is 0.497. The quantitative estimate of drug-likeness (QED) is 0.893. The molecule has 3 saturated carbocycles. The van der Waals surface area contributed by atoms with Gasteiger partial charge in [0.15, 0.2) is 0 Å². The molecule has 3 aliphatic carbocycles. The Hall–Kier alpha value is -0.830. The monoisotopic (exact) mass is 273 g/mol. The Morgan fingerprint density at radius 3 is 2.75 bits per heavy atom. The first kappa shape index (κ1) is 12.9. The molecule has 110 valence electrons. The first-order valence-corrected chi connectivity index (χ1v) is 8.47. The van der Waals surface area contributed by atoms with Crippen LogP contribution in [0, 0.1) is 17.3 Å². The average molecular weight is 273 g/mol. The van der Waals surface area contributed by atoms with Crippen LogP contribution in [0.5, 0.6) is 0 Å². The Morgan fingerprint density at radius 1 is 1.30 bits per heavy atom. The minimum Gasteiger partial charge on any atom is -0.319 e. The highest BCUT2D eigenvalue weighted by Gasteiger charge is 2.53. The van der Waals surface area contributed by atoms with E-state index >= 15 is 0 Å². The molecule has 2 unspecified atom stereocenters. The molecule has 3 heteroatoms. The standard InChI is InChI=1S/C17H27N3/c1-18-12-17(9-13-8-14(13)10-17)11-15-6-7-20(19-15)16-4-2-3-5-16/h6-7,13-14,16,18H,2-5,8-12H2,1H3. The van der Waals surface area contributed by atoms with Crippen LogP contribution >= 0.6 is 0 Å². The molecule has 0 spiro atoms. The van der Waals surface area contributed by atoms with Crippen molar-refractivity contribution in [1.82, 2.24) is 15.1 Å². The number of nitrogens with zero attached hydrogens (tertiary/aromatic N) is 2. The Labute approximate surface area is 122 Å². The SMILES string of the molecule is CNCC1(Cc2ccn(C3CCCC3)n2)CC2CC2C1. The summed E-state index contributed by atoms with van der Waals surface area (Å²) in [4.78, 5) is 0. The smallest absolute Gasteiger partial charge is 0.0630 e. The summed E-state index contributed by atoms with van der Waals surface area (Å²) in [6, 6.07) is 2.96. The van der Waals surface area contributed by atoms with Crippen LogP contribution in [0.25, 0.3) is 0 Å². The van der Waals surface area contributed by atoms with Crippen LogP contribution in [0.1, 0.15) is 56.7 Å². The van der Waals surface area contributed by atoms with Gasteiger partial charge in [-0.05, 0) is 68.9 Å². The third-order valence-electron chi connectivity index (χ3n) is 5.93. The zero-order valence-electron chi connectivity index (χ0n) is 12.6. The van der Waals surface area contributed by atoms with Crippen molar-refractivity contribution in [2.45, 2.75) is 57.4 Å². The fourth-order valence-corrected chi connectivity index (χ4v) is 4.96. The highest BCUT2D eigenvalue weighted by molar-refractivity contribution is 5.11. The van der Waals surface area contributed by atoms with Crippen molar-refractivity contribution >= 4 is 0 Å². The van der Waals surface area contributed by atoms with Crippen LogP contribution in [0.3, 0.4) is 0 Å². The molecule has 3 nitrogen and oxygen atoms in total. The van der Waals surface area contributed by atoms with E-state index in [4.69, 9.17) is 5.10 Å². The Balaban J connectivity index is 1.47. The van der Waals surface area contributed by atoms with E-state index in [2.05, 4.69) is 29.3 Å². The third-order valence-corrected chi connectivity index (χ3v) is 5.93. The summed E-state index contributed by atoms with van der Waals surface area (Å²) in [6.07, 6.45) is 13.2. The number of rotatable bonds is 5. The summed E-state index contributed by atoms with van der Waals surface area (Å²) >= 11 is 0. The number of hydrogen-bond acceptors (Lipinski definition) is 2. The first-order chi connectivity index (χ1) is 9.78. The molecule has 0 aliphatic heterocycles. The van der Waals surface area contributed by atoms with Crippen molar-refractivity contribution in [3.63, 3.8) is 0 Å². The fraction of sp³-hybridized carbons (Fsp3) is 0.824. The lowest BCUT2D eigenvalue weighted by atomic mass is 9.78. The summed E-state index contributed by atoms with van der Waals surface area (Å²) in [5.41, 5.74) is 1.82. The minimum atomic E-state index is 0.497. The van der Waals surface area contributed by atoms with Crippen molar-refractivity contribution < 1.29 is 0 Å². The second kappa shape index (κ2) is 4.87. The van der Waals surface area contributed by atoms with Crippen LogP contribution in [-0.2, 0) is 6.42 Å². The van der Waals surface area contributed by atoms with Crippen molar-refractivity contribution in [3.05, 3.63) is 18.0 Å². The van der Waals surface area contributed by atoms with E-state index in [0.29, 0.717) is 11.5 Å². The van der Waals surface area contributed by atoms with Gasteiger partial charge in [-0.1, -0.05) is 12.8 Å². The molecule has 20 heavy (non-hydrogen) atoms. The Kier molecular flexibility index (Phi) is 3.13. The van der Waals surface area contributed by atoms with E-state index in [9.17, 15) is 0 Å². The van der Waals surface area contributed by atoms with Crippen molar-refractivity contribution in [3.8, 4) is 0 Å². The Morgan fingerprint density at radius 2 is 2.05 bits per heavy atom. The van der Waals surface area contributed by atoms with Gasteiger partial charge in [-0.15, -0.1) is 0 Å². The van der Waals surface area contributed by atoms with Gasteiger partial charge in [0.05, 0.1) is 11.7 Å². The second-order valence-electron chi connectivity index (χ2n) is 7.60. The highest BCUT2D eigenvalue weighted by Crippen LogP contribution is 2.60. The van der Waals surface area contributed by atoms with Gasteiger partial charge in [0.1, 0.15) is 0 Å². The summed E-state index contributed by atoms with van der Waals surface area (Å²) in [6.45, 7) is 1.16. The lowest BCUT2D eigenvalue weighted by molar-refractivity contribution is 0.251. The first-order valence-electron chi connectivity index (χ1n) is 8.47. The van der Waals surface area contributed by atoms with Crippen LogP contribution < -0.4 is 5.32 Å². The molecule has 4 rings (SSSR count). The van der Waals surface area contributed by atoms with Crippen molar-refractivity contribution in [2.75, 3.05) is 13.6 Å². The molecule has 3 fully saturated rings. The zero-order valence-corrected chi connectivity index (χ0v) is 12.6. The topological polar surface area (TPSA) is 29.9 Å². The van der Waals surface area contributed by atoms with Gasteiger partial charge in [0.2, 0.25) is 0 Å². The van der Waals surface area contributed by atoms with E-state index < -0.39 is 0 Å². The molecule has 3 aliphatic rings. The number of hydrogen-bond donors (Lipinski definition) is 1. The molecule has 1 N–H and O–H groups in total. The fourth-order valence-electron chi connectivity index (χ4n) is 4.96. The summed E-state index contributed by atoms with van der Waals surface area (Å²) in [5, 5.41) is 8.35. The van der Waals surface area contributed by atoms with Gasteiger partial charge in [-0.3, -0.25) is 4.68 Å². The van der Waals surface area contributed by atoms with Crippen LogP contribution in [0.2, 0.25) is 0 Å². The number of fused-ring (bicyclic) bond motifs is 1. The van der Waals surface area contributed by atoms with Crippen LogP contribution in [0.4, 0.5) is 0 Å². The summed E-state index contributed by atoms with van der Waals surface area (Å²) in [5.74, 6) is 2.08. The van der Waals surface area contributed by atoms with Crippen molar-refractivity contribution in [1.29, 1.82) is 0 Å². The van der Waals surface area contributed by atoms with Gasteiger partial charge in [0.25, 0.3) is 0 Å². The maximum absolute atomic E-state index is 4.91. The molecule has 0 radical (unpaired) electrons. The van der Waals surface area contributed by atoms with Crippen LogP contribution in [-0.4, -0.2) is 23.4 Å². The molecule has 0 saturated heterocycles. The molecule has 1 heterocycles. The van der Waals surface area contributed by atoms with E-state index in [-0.39, 0.29) is 0 Å². The second-order valence-corrected chi connectivity index (χ2v) is 7.60. The molecular weight excluding hydrogens is 246 g/mol. The molecule has 0 amide bonds. The highest BCUT2D eigenvalue weighted by atomic mass is 15.3. The lowest BCUT2D eigenvalue weighted by Crippen LogP contribution is -2.33. The van der Waals surface area contributed by atoms with Gasteiger partial charge in [0, 0.05) is 12.7 Å². The maximum Gasteiger partial charge on any atom is 0.0630 e. The molecule has 1 aromatic heterocycles. The Bertz CT molecular complexity index is 462. The van der Waals surface area contributed by atoms with Gasteiger partial charge < -0.3 is 5.32 Å². The lowest BCUT2D eigenvalue weighted by Gasteiger charge is -2.30. The van der Waals surface area contributed by atoms with Gasteiger partial charge >= 0.3 is 0 Å². The summed E-state index contributed by atoms with van der Waals surface area (Å²) in [7, 11) is 2.10. The van der Waals surface area contributed by atoms with Crippen molar-refractivity contribution in [2.24, 2.45) is 17.3 Å². The molecule has 2 atom stereocenters. The van der Waals surface area contributed by atoms with Gasteiger partial charge in [-0.2, -0.15) is 5.10 Å².